The van der Waals surface area contributed by atoms with Gasteiger partial charge in [-0.15, -0.1) is 0 Å². The number of aryl methyl sites for hydroxylation is 1. The molecule has 2 saturated heterocycles. The van der Waals surface area contributed by atoms with Crippen molar-refractivity contribution in [1.82, 2.24) is 24.3 Å². The molecule has 0 atom stereocenters. The number of likely N-dealkylation sites (N-methyl/N-ethyl adjacent to an activating group) is 1. The van der Waals surface area contributed by atoms with Gasteiger partial charge in [0.1, 0.15) is 0 Å². The molecule has 2 aliphatic rings. The predicted molar refractivity (Wildman–Crippen MR) is 281 cm³/mol. The predicted octanol–water partition coefficient (Wildman–Crippen LogP) is 12.1. The van der Waals surface area contributed by atoms with Crippen molar-refractivity contribution in [1.29, 1.82) is 0 Å². The molecule has 4 heterocycles. The number of benzene rings is 4. The van der Waals surface area contributed by atoms with Gasteiger partial charge in [-0.1, -0.05) is 82.9 Å². The lowest BCUT2D eigenvalue weighted by atomic mass is 9.89. The number of unbranched alkanes of at least 4 members (excludes halogenated alkanes) is 9. The van der Waals surface area contributed by atoms with E-state index in [0.717, 1.165) is 99.4 Å². The van der Waals surface area contributed by atoms with Crippen molar-refractivity contribution in [3.05, 3.63) is 95.6 Å². The summed E-state index contributed by atoms with van der Waals surface area (Å²) in [6.07, 6.45) is 13.0. The standard InChI is InChI=1S/C40H59N3O4.C18H20N2O/c1-6-7-8-9-10-11-12-13-14-15-20-43-35-18-16-31(37(44)39(2,3)41-21-25-46-26-22-41)29-33(35)34-30-32(17-19-36(34)43)38(45)40(4,5)42-23-27-47-28-24-42;1-18(2,20(3)4)17(21)12-9-10-16-14(11-12)13-7-5-6-8-15(13)19-16/h16-19,29-30H,6-15,20-28H2,1-5H3;5-11,19H,1-4H3. The highest BCUT2D eigenvalue weighted by Gasteiger charge is 2.38. The first-order valence-electron chi connectivity index (χ1n) is 25.6. The summed E-state index contributed by atoms with van der Waals surface area (Å²) in [5.74, 6) is 0.384. The zero-order valence-electron chi connectivity index (χ0n) is 42.8. The molecule has 2 fully saturated rings. The van der Waals surface area contributed by atoms with Crippen molar-refractivity contribution in [3.8, 4) is 0 Å². The minimum absolute atomic E-state index is 0.123. The number of hydrogen-bond donors (Lipinski definition) is 1. The van der Waals surface area contributed by atoms with Gasteiger partial charge in [-0.05, 0) is 123 Å². The van der Waals surface area contributed by atoms with Gasteiger partial charge in [0.25, 0.3) is 0 Å². The Labute approximate surface area is 405 Å². The highest BCUT2D eigenvalue weighted by molar-refractivity contribution is 6.15. The van der Waals surface area contributed by atoms with Crippen LogP contribution in [0.3, 0.4) is 0 Å². The maximum absolute atomic E-state index is 14.0. The number of nitrogens with one attached hydrogen (secondary N) is 1. The zero-order valence-corrected chi connectivity index (χ0v) is 42.8. The van der Waals surface area contributed by atoms with E-state index in [4.69, 9.17) is 9.47 Å². The van der Waals surface area contributed by atoms with Crippen molar-refractivity contribution in [2.24, 2.45) is 0 Å². The van der Waals surface area contributed by atoms with E-state index in [1.54, 1.807) is 0 Å². The Morgan fingerprint density at radius 1 is 0.529 bits per heavy atom. The number of H-pyrrole nitrogens is 1. The third kappa shape index (κ3) is 11.2. The number of ether oxygens (including phenoxy) is 2. The Morgan fingerprint density at radius 2 is 0.956 bits per heavy atom. The van der Waals surface area contributed by atoms with Gasteiger partial charge in [0.05, 0.1) is 43.0 Å². The summed E-state index contributed by atoms with van der Waals surface area (Å²) in [5, 5.41) is 4.36. The number of rotatable bonds is 20. The maximum Gasteiger partial charge on any atom is 0.182 e. The summed E-state index contributed by atoms with van der Waals surface area (Å²) in [7, 11) is 3.87. The van der Waals surface area contributed by atoms with Crippen LogP contribution < -0.4 is 0 Å². The van der Waals surface area contributed by atoms with Crippen LogP contribution in [0.15, 0.2) is 78.9 Å². The van der Waals surface area contributed by atoms with Crippen LogP contribution in [-0.2, 0) is 16.0 Å². The molecular weight excluding hydrogens is 847 g/mol. The second kappa shape index (κ2) is 22.4. The minimum atomic E-state index is -0.630. The van der Waals surface area contributed by atoms with Crippen LogP contribution in [0.25, 0.3) is 43.6 Å². The molecule has 2 aliphatic heterocycles. The van der Waals surface area contributed by atoms with Gasteiger partial charge in [-0.2, -0.15) is 0 Å². The number of fused-ring (bicyclic) bond motifs is 6. The van der Waals surface area contributed by atoms with Crippen LogP contribution >= 0.6 is 0 Å². The average molecular weight is 926 g/mol. The van der Waals surface area contributed by atoms with E-state index in [0.29, 0.717) is 26.4 Å². The van der Waals surface area contributed by atoms with Gasteiger partial charge in [0.2, 0.25) is 0 Å². The molecule has 68 heavy (non-hydrogen) atoms. The summed E-state index contributed by atoms with van der Waals surface area (Å²) in [4.78, 5) is 50.7. The largest absolute Gasteiger partial charge is 0.379 e. The first kappa shape index (κ1) is 51.1. The van der Waals surface area contributed by atoms with E-state index in [1.807, 2.05) is 103 Å². The normalized spacial score (nSPS) is 15.7. The molecule has 0 saturated carbocycles. The molecule has 0 spiro atoms. The average Bonchev–Trinajstić information content (AvgIpc) is 3.88. The van der Waals surface area contributed by atoms with E-state index in [1.165, 1.54) is 57.8 Å². The second-order valence-electron chi connectivity index (χ2n) is 21.0. The fourth-order valence-electron chi connectivity index (χ4n) is 10.2. The van der Waals surface area contributed by atoms with Crippen molar-refractivity contribution < 1.29 is 23.9 Å². The van der Waals surface area contributed by atoms with Crippen molar-refractivity contribution in [2.45, 2.75) is 136 Å². The molecular formula is C58H79N5O5. The van der Waals surface area contributed by atoms with E-state index < -0.39 is 16.6 Å². The molecule has 366 valence electrons. The quantitative estimate of drug-likeness (QED) is 0.0597. The van der Waals surface area contributed by atoms with Crippen LogP contribution in [0.1, 0.15) is 144 Å². The van der Waals surface area contributed by atoms with E-state index >= 15 is 0 Å². The van der Waals surface area contributed by atoms with Gasteiger partial charge in [-0.3, -0.25) is 29.1 Å². The summed E-state index contributed by atoms with van der Waals surface area (Å²) >= 11 is 0. The smallest absolute Gasteiger partial charge is 0.182 e. The topological polar surface area (TPSA) is 100 Å². The first-order chi connectivity index (χ1) is 32.6. The van der Waals surface area contributed by atoms with E-state index in [-0.39, 0.29) is 17.3 Å². The number of hydrogen-bond acceptors (Lipinski definition) is 8. The Bertz CT molecular complexity index is 2580. The van der Waals surface area contributed by atoms with Crippen LogP contribution in [0.4, 0.5) is 0 Å². The van der Waals surface area contributed by atoms with Crippen LogP contribution in [0.5, 0.6) is 0 Å². The highest BCUT2D eigenvalue weighted by atomic mass is 16.5. The number of aromatic nitrogens is 2. The Balaban J connectivity index is 0.000000270. The molecule has 0 amide bonds. The second-order valence-corrected chi connectivity index (χ2v) is 21.0. The number of carbonyl (C=O) groups excluding carboxylic acids is 3. The van der Waals surface area contributed by atoms with Crippen LogP contribution in [-0.4, -0.2) is 125 Å². The molecule has 0 aliphatic carbocycles. The van der Waals surface area contributed by atoms with E-state index in [9.17, 15) is 14.4 Å². The summed E-state index contributed by atoms with van der Waals surface area (Å²) < 4.78 is 13.5. The molecule has 0 unspecified atom stereocenters. The molecule has 0 radical (unpaired) electrons. The van der Waals surface area contributed by atoms with E-state index in [2.05, 4.69) is 62.7 Å². The molecule has 4 aromatic carbocycles. The van der Waals surface area contributed by atoms with Crippen LogP contribution in [0, 0.1) is 0 Å². The first-order valence-corrected chi connectivity index (χ1v) is 25.6. The summed E-state index contributed by atoms with van der Waals surface area (Å²) in [5.41, 5.74) is 4.85. The molecule has 2 aromatic heterocycles. The lowest BCUT2D eigenvalue weighted by molar-refractivity contribution is -0.00442. The van der Waals surface area contributed by atoms with Crippen molar-refractivity contribution >= 4 is 61.0 Å². The molecule has 6 aromatic rings. The number of nitrogens with zero attached hydrogens (tertiary/aromatic N) is 4. The lowest BCUT2D eigenvalue weighted by Crippen LogP contribution is -2.54. The van der Waals surface area contributed by atoms with Crippen molar-refractivity contribution in [2.75, 3.05) is 66.7 Å². The molecule has 1 N–H and O–H groups in total. The maximum atomic E-state index is 14.0. The number of carbonyl (C=O) groups is 3. The fraction of sp³-hybridized carbons (Fsp3) is 0.534. The van der Waals surface area contributed by atoms with Gasteiger partial charge >= 0.3 is 0 Å². The third-order valence-electron chi connectivity index (χ3n) is 15.3. The third-order valence-corrected chi connectivity index (χ3v) is 15.3. The van der Waals surface area contributed by atoms with Gasteiger partial charge < -0.3 is 19.0 Å². The zero-order chi connectivity index (χ0) is 48.6. The van der Waals surface area contributed by atoms with Crippen LogP contribution in [0.2, 0.25) is 0 Å². The molecule has 8 rings (SSSR count). The lowest BCUT2D eigenvalue weighted by Gasteiger charge is -2.39. The summed E-state index contributed by atoms with van der Waals surface area (Å²) in [6.45, 7) is 20.9. The monoisotopic (exact) mass is 926 g/mol. The van der Waals surface area contributed by atoms with Crippen molar-refractivity contribution in [3.63, 3.8) is 0 Å². The summed E-state index contributed by atoms with van der Waals surface area (Å²) in [6, 6.07) is 26.5. The minimum Gasteiger partial charge on any atom is -0.379 e. The molecule has 0 bridgehead atoms. The Morgan fingerprint density at radius 3 is 1.46 bits per heavy atom. The number of para-hydroxylation sites is 1. The number of morpholine rings is 2. The Hall–Kier alpha value is -4.71. The number of aromatic amines is 1. The Kier molecular flexibility index (Phi) is 16.8. The highest BCUT2D eigenvalue weighted by Crippen LogP contribution is 2.35. The molecule has 10 nitrogen and oxygen atoms in total. The SMILES string of the molecule is CCCCCCCCCCCCn1c2ccc(C(=O)C(C)(C)N3CCOCC3)cc2c2cc(C(=O)C(C)(C)N3CCOCC3)ccc21.CN(C)C(C)(C)C(=O)c1ccc2[nH]c3ccccc3c2c1. The van der Waals surface area contributed by atoms with Gasteiger partial charge in [0.15, 0.2) is 17.3 Å². The number of ketones is 3. The number of Topliss-reactive ketones (excluding diaryl/α,β-unsaturated/α-hetero) is 3. The molecule has 10 heteroatoms. The fourth-order valence-corrected chi connectivity index (χ4v) is 10.2. The van der Waals surface area contributed by atoms with Gasteiger partial charge in [-0.25, -0.2) is 0 Å². The van der Waals surface area contributed by atoms with Gasteiger partial charge in [0, 0.05) is 93.0 Å².